The minimum atomic E-state index is -1.08. The van der Waals surface area contributed by atoms with Gasteiger partial charge in [-0.15, -0.1) is 11.3 Å². The van der Waals surface area contributed by atoms with E-state index in [1.807, 2.05) is 47.8 Å². The van der Waals surface area contributed by atoms with E-state index in [-0.39, 0.29) is 12.2 Å². The number of esters is 1. The molecule has 4 aromatic rings. The van der Waals surface area contributed by atoms with Gasteiger partial charge in [-0.1, -0.05) is 53.8 Å². The van der Waals surface area contributed by atoms with E-state index >= 15 is 0 Å². The molecule has 2 aromatic carbocycles. The molecule has 39 heavy (non-hydrogen) atoms. The number of thiazole rings is 1. The Morgan fingerprint density at radius 2 is 1.95 bits per heavy atom. The van der Waals surface area contributed by atoms with Gasteiger partial charge in [0.05, 0.1) is 26.9 Å². The van der Waals surface area contributed by atoms with Gasteiger partial charge in [0.25, 0.3) is 5.56 Å². The predicted molar refractivity (Wildman–Crippen MR) is 153 cm³/mol. The summed E-state index contributed by atoms with van der Waals surface area (Å²) in [5, 5.41) is 10.8. The summed E-state index contributed by atoms with van der Waals surface area (Å²) >= 11 is 6.08. The lowest BCUT2D eigenvalue weighted by Crippen LogP contribution is -2.39. The first-order chi connectivity index (χ1) is 18.9. The van der Waals surface area contributed by atoms with Crippen LogP contribution in [0.3, 0.4) is 0 Å². The van der Waals surface area contributed by atoms with Gasteiger partial charge in [-0.05, 0) is 58.1 Å². The maximum absolute atomic E-state index is 13.8. The van der Waals surface area contributed by atoms with E-state index < -0.39 is 24.6 Å². The number of carboxylic acids is 1. The second kappa shape index (κ2) is 11.5. The van der Waals surface area contributed by atoms with Crippen molar-refractivity contribution in [2.45, 2.75) is 13.0 Å². The van der Waals surface area contributed by atoms with Crippen molar-refractivity contribution < 1.29 is 24.2 Å². The van der Waals surface area contributed by atoms with Crippen LogP contribution < -0.4 is 19.6 Å². The molecule has 11 heteroatoms. The largest absolute Gasteiger partial charge is 0.481 e. The predicted octanol–water partition coefficient (Wildman–Crippen LogP) is 4.22. The quantitative estimate of drug-likeness (QED) is 0.294. The second-order valence-corrected chi connectivity index (χ2v) is 11.2. The molecular weight excluding hydrogens is 604 g/mol. The molecule has 0 saturated heterocycles. The smallest absolute Gasteiger partial charge is 0.341 e. The number of benzene rings is 2. The molecule has 0 spiro atoms. The Morgan fingerprint density at radius 1 is 1.15 bits per heavy atom. The van der Waals surface area contributed by atoms with Gasteiger partial charge >= 0.3 is 11.9 Å². The molecule has 1 aliphatic heterocycles. The summed E-state index contributed by atoms with van der Waals surface area (Å²) in [6.45, 7) is 1.46. The summed E-state index contributed by atoms with van der Waals surface area (Å²) < 4.78 is 13.3. The molecule has 5 rings (SSSR count). The molecule has 0 saturated carbocycles. The van der Waals surface area contributed by atoms with E-state index in [9.17, 15) is 14.4 Å². The summed E-state index contributed by atoms with van der Waals surface area (Å²) in [5.74, 6) is -1.22. The third-order valence-corrected chi connectivity index (χ3v) is 8.32. The third kappa shape index (κ3) is 5.51. The fourth-order valence-corrected chi connectivity index (χ4v) is 6.51. The third-order valence-electron chi connectivity index (χ3n) is 5.79. The number of ether oxygens (including phenoxy) is 2. The number of fused-ring (bicyclic) bond motifs is 1. The van der Waals surface area contributed by atoms with Crippen molar-refractivity contribution >= 4 is 62.3 Å². The summed E-state index contributed by atoms with van der Waals surface area (Å²) in [6.07, 6.45) is 1.73. The Kier molecular flexibility index (Phi) is 7.92. The highest BCUT2D eigenvalue weighted by atomic mass is 79.9. The number of aromatic nitrogens is 1. The van der Waals surface area contributed by atoms with Gasteiger partial charge in [0.15, 0.2) is 11.4 Å². The van der Waals surface area contributed by atoms with Crippen molar-refractivity contribution in [1.82, 2.24) is 4.57 Å². The lowest BCUT2D eigenvalue weighted by atomic mass is 9.97. The summed E-state index contributed by atoms with van der Waals surface area (Å²) in [7, 11) is 0. The van der Waals surface area contributed by atoms with Crippen molar-refractivity contribution in [3.63, 3.8) is 0 Å². The van der Waals surface area contributed by atoms with Gasteiger partial charge < -0.3 is 14.6 Å². The van der Waals surface area contributed by atoms with Gasteiger partial charge in [0.2, 0.25) is 0 Å². The Hall–Kier alpha value is -3.80. The number of thiophene rings is 1. The first kappa shape index (κ1) is 26.8. The van der Waals surface area contributed by atoms with Crippen LogP contribution in [0.5, 0.6) is 5.75 Å². The number of hydrogen-bond acceptors (Lipinski definition) is 8. The number of carbonyl (C=O) groups excluding carboxylic acids is 1. The molecule has 2 aromatic heterocycles. The standard InChI is InChI=1S/C28H21BrN2O6S2/c1-2-36-27(35)23-24(17-7-4-3-5-8-17)30-28-31(25(23)20-9-6-12-38-20)26(34)21(39-28)14-16-10-11-19(18(29)13-16)37-15-22(32)33/h3-14,25H,2,15H2,1H3,(H,32,33)/b21-14+/t25-/m1/s1. The Labute approximate surface area is 238 Å². The van der Waals surface area contributed by atoms with E-state index in [2.05, 4.69) is 15.9 Å². The minimum absolute atomic E-state index is 0.188. The SMILES string of the molecule is CCOC(=O)C1=C(c2ccccc2)N=c2s/c(=C/c3ccc(OCC(=O)O)c(Br)c3)c(=O)n2[C@@H]1c1cccs1. The maximum Gasteiger partial charge on any atom is 0.341 e. The van der Waals surface area contributed by atoms with E-state index in [1.54, 1.807) is 35.8 Å². The van der Waals surface area contributed by atoms with Gasteiger partial charge in [0, 0.05) is 10.4 Å². The van der Waals surface area contributed by atoms with Crippen molar-refractivity contribution in [1.29, 1.82) is 0 Å². The average Bonchev–Trinajstić information content (AvgIpc) is 3.56. The number of rotatable bonds is 8. The molecular formula is C28H21BrN2O6S2. The molecule has 0 bridgehead atoms. The molecule has 3 heterocycles. The highest BCUT2D eigenvalue weighted by Crippen LogP contribution is 2.36. The molecule has 198 valence electrons. The van der Waals surface area contributed by atoms with Gasteiger partial charge in [-0.3, -0.25) is 9.36 Å². The van der Waals surface area contributed by atoms with Crippen LogP contribution in [0.4, 0.5) is 0 Å². The van der Waals surface area contributed by atoms with Gasteiger partial charge in [0.1, 0.15) is 11.8 Å². The molecule has 0 unspecified atom stereocenters. The van der Waals surface area contributed by atoms with Crippen LogP contribution in [0.25, 0.3) is 11.8 Å². The molecule has 0 amide bonds. The van der Waals surface area contributed by atoms with Crippen LogP contribution in [-0.4, -0.2) is 34.8 Å². The highest BCUT2D eigenvalue weighted by Gasteiger charge is 2.35. The van der Waals surface area contributed by atoms with Crippen LogP contribution in [0.15, 0.2) is 85.9 Å². The molecule has 1 atom stereocenters. The zero-order chi connectivity index (χ0) is 27.5. The van der Waals surface area contributed by atoms with Gasteiger partial charge in [-0.2, -0.15) is 0 Å². The highest BCUT2D eigenvalue weighted by molar-refractivity contribution is 9.10. The van der Waals surface area contributed by atoms with Crippen molar-refractivity contribution in [2.24, 2.45) is 4.99 Å². The maximum atomic E-state index is 13.8. The topological polar surface area (TPSA) is 107 Å². The fraction of sp³-hybridized carbons (Fsp3) is 0.143. The summed E-state index contributed by atoms with van der Waals surface area (Å²) in [5.41, 5.74) is 1.96. The van der Waals surface area contributed by atoms with Gasteiger partial charge in [-0.25, -0.2) is 14.6 Å². The van der Waals surface area contributed by atoms with Crippen molar-refractivity contribution in [3.05, 3.63) is 112 Å². The van der Waals surface area contributed by atoms with Crippen molar-refractivity contribution in [3.8, 4) is 5.75 Å². The number of aliphatic carboxylic acids is 1. The molecule has 8 nitrogen and oxygen atoms in total. The molecule has 1 N–H and O–H groups in total. The monoisotopic (exact) mass is 624 g/mol. The summed E-state index contributed by atoms with van der Waals surface area (Å²) in [6, 6.07) is 17.6. The molecule has 0 radical (unpaired) electrons. The second-order valence-electron chi connectivity index (χ2n) is 8.32. The van der Waals surface area contributed by atoms with Crippen LogP contribution in [0, 0.1) is 0 Å². The Morgan fingerprint density at radius 3 is 2.62 bits per heavy atom. The lowest BCUT2D eigenvalue weighted by Gasteiger charge is -2.24. The zero-order valence-corrected chi connectivity index (χ0v) is 23.7. The number of nitrogens with zero attached hydrogens (tertiary/aromatic N) is 2. The van der Waals surface area contributed by atoms with E-state index in [1.165, 1.54) is 22.7 Å². The number of hydrogen-bond donors (Lipinski definition) is 1. The van der Waals surface area contributed by atoms with Crippen LogP contribution in [-0.2, 0) is 14.3 Å². The van der Waals surface area contributed by atoms with Crippen LogP contribution in [0.1, 0.15) is 29.0 Å². The first-order valence-corrected chi connectivity index (χ1v) is 14.3. The molecule has 0 aliphatic carbocycles. The lowest BCUT2D eigenvalue weighted by molar-refractivity contribution is -0.140. The van der Waals surface area contributed by atoms with Crippen LogP contribution in [0.2, 0.25) is 0 Å². The van der Waals surface area contributed by atoms with E-state index in [0.29, 0.717) is 36.4 Å². The molecule has 0 fully saturated rings. The van der Waals surface area contributed by atoms with Crippen LogP contribution >= 0.6 is 38.6 Å². The Bertz CT molecular complexity index is 1760. The molecule has 1 aliphatic rings. The zero-order valence-electron chi connectivity index (χ0n) is 20.5. The van der Waals surface area contributed by atoms with E-state index in [0.717, 1.165) is 10.4 Å². The Balaban J connectivity index is 1.69. The number of carboxylic acid groups (broad SMARTS) is 1. The fourth-order valence-electron chi connectivity index (χ4n) is 4.17. The van der Waals surface area contributed by atoms with E-state index in [4.69, 9.17) is 19.6 Å². The number of halogens is 1. The minimum Gasteiger partial charge on any atom is -0.481 e. The first-order valence-electron chi connectivity index (χ1n) is 11.8. The normalized spacial score (nSPS) is 15.0. The average molecular weight is 626 g/mol. The van der Waals surface area contributed by atoms with Crippen molar-refractivity contribution in [2.75, 3.05) is 13.2 Å². The summed E-state index contributed by atoms with van der Waals surface area (Å²) in [4.78, 5) is 44.1. The number of carbonyl (C=O) groups is 2.